The third-order valence-corrected chi connectivity index (χ3v) is 4.46. The number of fused-ring (bicyclic) bond motifs is 2. The molecule has 0 unspecified atom stereocenters. The molecule has 0 aliphatic heterocycles. The number of hydrogen-bond acceptors (Lipinski definition) is 6. The fourth-order valence-corrected chi connectivity index (χ4v) is 3.12. The van der Waals surface area contributed by atoms with E-state index in [9.17, 15) is 20.1 Å². The maximum Gasteiger partial charge on any atom is 0.295 e. The number of aromatic hydroxyl groups is 3. The average Bonchev–Trinajstić information content (AvgIpc) is 2.70. The number of rotatable bonds is 2. The zero-order valence-corrected chi connectivity index (χ0v) is 14.5. The number of hydrogen-bond donors (Lipinski definition) is 4. The second-order valence-electron chi connectivity index (χ2n) is 6.23. The SMILES string of the molecule is Nc1cccc(C(=O)N=Nc2c3ccccc3c(O)c3ccc(O)c(O)c23)c1. The highest BCUT2D eigenvalue weighted by Crippen LogP contribution is 2.48. The molecule has 0 radical (unpaired) electrons. The van der Waals surface area contributed by atoms with Crippen molar-refractivity contribution in [3.63, 3.8) is 0 Å². The second kappa shape index (κ2) is 6.55. The van der Waals surface area contributed by atoms with Crippen LogP contribution in [0.4, 0.5) is 11.4 Å². The molecule has 28 heavy (non-hydrogen) atoms. The van der Waals surface area contributed by atoms with Gasteiger partial charge in [0, 0.05) is 27.4 Å². The van der Waals surface area contributed by atoms with E-state index in [1.807, 2.05) is 0 Å². The van der Waals surface area contributed by atoms with Crippen LogP contribution < -0.4 is 5.73 Å². The molecule has 0 bridgehead atoms. The minimum absolute atomic E-state index is 0.0676. The summed E-state index contributed by atoms with van der Waals surface area (Å²) in [6.07, 6.45) is 0. The Bertz CT molecular complexity index is 1280. The molecule has 4 aromatic carbocycles. The monoisotopic (exact) mass is 373 g/mol. The number of carbonyl (C=O) groups excluding carboxylic acids is 1. The molecule has 4 rings (SSSR count). The van der Waals surface area contributed by atoms with Crippen LogP contribution in [0, 0.1) is 0 Å². The van der Waals surface area contributed by atoms with Gasteiger partial charge in [0.15, 0.2) is 11.5 Å². The molecule has 7 nitrogen and oxygen atoms in total. The number of phenolic OH excluding ortho intramolecular Hbond substituents is 3. The highest BCUT2D eigenvalue weighted by molar-refractivity contribution is 6.17. The largest absolute Gasteiger partial charge is 0.507 e. The van der Waals surface area contributed by atoms with Crippen LogP contribution in [0.25, 0.3) is 21.5 Å². The molecular weight excluding hydrogens is 358 g/mol. The second-order valence-corrected chi connectivity index (χ2v) is 6.23. The summed E-state index contributed by atoms with van der Waals surface area (Å²) in [5, 5.41) is 40.0. The van der Waals surface area contributed by atoms with Gasteiger partial charge in [-0.15, -0.1) is 10.2 Å². The molecule has 0 atom stereocenters. The van der Waals surface area contributed by atoms with E-state index in [-0.39, 0.29) is 33.5 Å². The van der Waals surface area contributed by atoms with Gasteiger partial charge in [-0.3, -0.25) is 4.79 Å². The van der Waals surface area contributed by atoms with Crippen LogP contribution in [0.2, 0.25) is 0 Å². The average molecular weight is 373 g/mol. The van der Waals surface area contributed by atoms with Gasteiger partial charge in [0.05, 0.1) is 5.39 Å². The number of nitrogens with two attached hydrogens (primary N) is 1. The molecule has 0 aliphatic carbocycles. The Morgan fingerprint density at radius 3 is 2.32 bits per heavy atom. The van der Waals surface area contributed by atoms with Crippen LogP contribution in [0.3, 0.4) is 0 Å². The Morgan fingerprint density at radius 1 is 0.821 bits per heavy atom. The fourth-order valence-electron chi connectivity index (χ4n) is 3.12. The molecule has 0 heterocycles. The number of phenols is 3. The summed E-state index contributed by atoms with van der Waals surface area (Å²) in [5.41, 5.74) is 6.54. The van der Waals surface area contributed by atoms with Gasteiger partial charge >= 0.3 is 0 Å². The molecule has 7 heteroatoms. The third-order valence-electron chi connectivity index (χ3n) is 4.46. The molecule has 0 spiro atoms. The highest BCUT2D eigenvalue weighted by Gasteiger charge is 2.18. The van der Waals surface area contributed by atoms with E-state index in [0.29, 0.717) is 16.5 Å². The zero-order chi connectivity index (χ0) is 19.8. The fraction of sp³-hybridized carbons (Fsp3) is 0. The molecule has 0 aromatic heterocycles. The minimum Gasteiger partial charge on any atom is -0.507 e. The van der Waals surface area contributed by atoms with Crippen LogP contribution in [0.5, 0.6) is 17.2 Å². The number of nitrogens with zero attached hydrogens (tertiary/aromatic N) is 2. The number of benzene rings is 4. The highest BCUT2D eigenvalue weighted by atomic mass is 16.3. The number of amides is 1. The van der Waals surface area contributed by atoms with E-state index in [1.165, 1.54) is 18.2 Å². The number of azo groups is 1. The quantitative estimate of drug-likeness (QED) is 0.176. The smallest absolute Gasteiger partial charge is 0.295 e. The van der Waals surface area contributed by atoms with Crippen molar-refractivity contribution < 1.29 is 20.1 Å². The maximum absolute atomic E-state index is 12.4. The molecule has 0 aliphatic rings. The number of anilines is 1. The van der Waals surface area contributed by atoms with E-state index in [1.54, 1.807) is 42.5 Å². The third kappa shape index (κ3) is 2.75. The van der Waals surface area contributed by atoms with Gasteiger partial charge in [-0.05, 0) is 30.3 Å². The van der Waals surface area contributed by atoms with Crippen molar-refractivity contribution in [2.24, 2.45) is 10.2 Å². The first kappa shape index (κ1) is 17.3. The van der Waals surface area contributed by atoms with Gasteiger partial charge < -0.3 is 21.1 Å². The van der Waals surface area contributed by atoms with Crippen molar-refractivity contribution in [3.05, 3.63) is 66.2 Å². The minimum atomic E-state index is -0.614. The Hall–Kier alpha value is -4.13. The number of nitrogen functional groups attached to an aromatic ring is 1. The molecule has 1 amide bonds. The zero-order valence-electron chi connectivity index (χ0n) is 14.5. The molecule has 0 saturated carbocycles. The first-order valence-electron chi connectivity index (χ1n) is 8.37. The Labute approximate surface area is 159 Å². The first-order chi connectivity index (χ1) is 13.5. The lowest BCUT2D eigenvalue weighted by atomic mass is 9.99. The van der Waals surface area contributed by atoms with Gasteiger partial charge in [-0.1, -0.05) is 30.3 Å². The standard InChI is InChI=1S/C21H15N3O4/c22-12-5-3-4-11(10-12)21(28)24-23-18-13-6-1-2-7-14(13)19(26)15-8-9-16(25)20(27)17(15)18/h1-10,25-27H,22H2. The van der Waals surface area contributed by atoms with Crippen molar-refractivity contribution in [2.45, 2.75) is 0 Å². The molecule has 138 valence electrons. The van der Waals surface area contributed by atoms with Gasteiger partial charge in [0.2, 0.25) is 0 Å². The summed E-state index contributed by atoms with van der Waals surface area (Å²) in [7, 11) is 0. The van der Waals surface area contributed by atoms with Crippen molar-refractivity contribution >= 4 is 38.8 Å². The van der Waals surface area contributed by atoms with Gasteiger partial charge in [-0.25, -0.2) is 0 Å². The summed E-state index contributed by atoms with van der Waals surface area (Å²) in [4.78, 5) is 12.4. The molecule has 5 N–H and O–H groups in total. The maximum atomic E-state index is 12.4. The van der Waals surface area contributed by atoms with Crippen LogP contribution in [-0.2, 0) is 0 Å². The van der Waals surface area contributed by atoms with E-state index in [2.05, 4.69) is 10.2 Å². The summed E-state index contributed by atoms with van der Waals surface area (Å²) in [6.45, 7) is 0. The lowest BCUT2D eigenvalue weighted by Crippen LogP contribution is -1.95. The van der Waals surface area contributed by atoms with Crippen molar-refractivity contribution in [3.8, 4) is 17.2 Å². The Morgan fingerprint density at radius 2 is 1.57 bits per heavy atom. The molecular formula is C21H15N3O4. The van der Waals surface area contributed by atoms with Crippen molar-refractivity contribution in [2.75, 3.05) is 5.73 Å². The van der Waals surface area contributed by atoms with Gasteiger partial charge in [0.25, 0.3) is 5.91 Å². The molecule has 4 aromatic rings. The lowest BCUT2D eigenvalue weighted by Gasteiger charge is -2.12. The Balaban J connectivity index is 1.97. The summed E-state index contributed by atoms with van der Waals surface area (Å²) in [6, 6.07) is 15.9. The first-order valence-corrected chi connectivity index (χ1v) is 8.37. The van der Waals surface area contributed by atoms with E-state index < -0.39 is 11.7 Å². The van der Waals surface area contributed by atoms with Crippen molar-refractivity contribution in [1.82, 2.24) is 0 Å². The van der Waals surface area contributed by atoms with Crippen LogP contribution in [0.15, 0.2) is 70.9 Å². The predicted molar refractivity (Wildman–Crippen MR) is 106 cm³/mol. The predicted octanol–water partition coefficient (Wildman–Crippen LogP) is 4.62. The van der Waals surface area contributed by atoms with E-state index >= 15 is 0 Å². The Kier molecular flexibility index (Phi) is 4.04. The lowest BCUT2D eigenvalue weighted by molar-refractivity contribution is 0.0995. The van der Waals surface area contributed by atoms with E-state index in [4.69, 9.17) is 5.73 Å². The molecule has 0 fully saturated rings. The van der Waals surface area contributed by atoms with Crippen LogP contribution in [0.1, 0.15) is 10.4 Å². The summed E-state index contributed by atoms with van der Waals surface area (Å²) >= 11 is 0. The van der Waals surface area contributed by atoms with Gasteiger partial charge in [0.1, 0.15) is 11.4 Å². The summed E-state index contributed by atoms with van der Waals surface area (Å²) in [5.74, 6) is -1.51. The normalized spacial score (nSPS) is 11.4. The number of carbonyl (C=O) groups is 1. The topological polar surface area (TPSA) is 128 Å². The van der Waals surface area contributed by atoms with Crippen molar-refractivity contribution in [1.29, 1.82) is 0 Å². The van der Waals surface area contributed by atoms with Crippen LogP contribution >= 0.6 is 0 Å². The van der Waals surface area contributed by atoms with Crippen LogP contribution in [-0.4, -0.2) is 21.2 Å². The van der Waals surface area contributed by atoms with E-state index in [0.717, 1.165) is 0 Å². The molecule has 0 saturated heterocycles. The van der Waals surface area contributed by atoms with Gasteiger partial charge in [-0.2, -0.15) is 0 Å². The summed E-state index contributed by atoms with van der Waals surface area (Å²) < 4.78 is 0.